The van der Waals surface area contributed by atoms with Gasteiger partial charge in [0, 0.05) is 20.2 Å². The largest absolute Gasteiger partial charge is 0.384 e. The molecule has 0 aromatic carbocycles. The predicted molar refractivity (Wildman–Crippen MR) is 90.7 cm³/mol. The molecule has 3 N–H and O–H groups in total. The van der Waals surface area contributed by atoms with Crippen molar-refractivity contribution in [1.29, 1.82) is 0 Å². The third-order valence-electron chi connectivity index (χ3n) is 4.13. The van der Waals surface area contributed by atoms with Crippen molar-refractivity contribution < 1.29 is 14.3 Å². The van der Waals surface area contributed by atoms with Crippen LogP contribution in [-0.2, 0) is 9.53 Å². The number of carbonyl (C=O) groups excluding carboxylic acids is 2. The van der Waals surface area contributed by atoms with Crippen LogP contribution in [0.4, 0.5) is 0 Å². The fourth-order valence-corrected chi connectivity index (χ4v) is 3.43. The van der Waals surface area contributed by atoms with Crippen LogP contribution in [-0.4, -0.2) is 51.7 Å². The third kappa shape index (κ3) is 5.02. The highest BCUT2D eigenvalue weighted by Crippen LogP contribution is 2.29. The van der Waals surface area contributed by atoms with E-state index in [4.69, 9.17) is 4.74 Å². The molecule has 7 heteroatoms. The van der Waals surface area contributed by atoms with Crippen molar-refractivity contribution in [2.45, 2.75) is 19.3 Å². The molecule has 1 aliphatic heterocycles. The molecule has 0 saturated carbocycles. The first-order chi connectivity index (χ1) is 11.2. The van der Waals surface area contributed by atoms with E-state index in [1.807, 2.05) is 11.4 Å². The highest BCUT2D eigenvalue weighted by molar-refractivity contribution is 7.12. The Hall–Kier alpha value is -1.44. The number of carbonyl (C=O) groups is 2. The van der Waals surface area contributed by atoms with E-state index < -0.39 is 5.41 Å². The van der Waals surface area contributed by atoms with Crippen LogP contribution in [0.25, 0.3) is 0 Å². The summed E-state index contributed by atoms with van der Waals surface area (Å²) in [5.74, 6) is 0.00553. The van der Waals surface area contributed by atoms with Gasteiger partial charge in [-0.05, 0) is 43.8 Å². The second kappa shape index (κ2) is 9.00. The number of ether oxygens (including phenoxy) is 1. The zero-order chi connectivity index (χ0) is 16.5. The van der Waals surface area contributed by atoms with Gasteiger partial charge in [0.2, 0.25) is 5.91 Å². The number of amides is 2. The zero-order valence-electron chi connectivity index (χ0n) is 13.5. The van der Waals surface area contributed by atoms with Crippen LogP contribution in [0.3, 0.4) is 0 Å². The first-order valence-electron chi connectivity index (χ1n) is 7.98. The first-order valence-corrected chi connectivity index (χ1v) is 8.85. The topological polar surface area (TPSA) is 79.5 Å². The molecule has 1 aliphatic rings. The Labute approximate surface area is 141 Å². The second-order valence-corrected chi connectivity index (χ2v) is 6.75. The van der Waals surface area contributed by atoms with E-state index in [0.29, 0.717) is 31.0 Å². The molecule has 6 nitrogen and oxygen atoms in total. The summed E-state index contributed by atoms with van der Waals surface area (Å²) >= 11 is 1.42. The van der Waals surface area contributed by atoms with Crippen LogP contribution in [0, 0.1) is 5.41 Å². The molecule has 2 heterocycles. The predicted octanol–water partition coefficient (Wildman–Crippen LogP) is 1.00. The number of methoxy groups -OCH3 is 1. The molecule has 1 saturated heterocycles. The van der Waals surface area contributed by atoms with Crippen molar-refractivity contribution in [3.63, 3.8) is 0 Å². The Morgan fingerprint density at radius 1 is 1.30 bits per heavy atom. The van der Waals surface area contributed by atoms with Crippen LogP contribution in [0.2, 0.25) is 0 Å². The van der Waals surface area contributed by atoms with Crippen LogP contribution in [0.1, 0.15) is 28.9 Å². The smallest absolute Gasteiger partial charge is 0.261 e. The van der Waals surface area contributed by atoms with Gasteiger partial charge in [0.15, 0.2) is 0 Å². The quantitative estimate of drug-likeness (QED) is 0.618. The molecular formula is C16H25N3O3S. The van der Waals surface area contributed by atoms with Crippen molar-refractivity contribution in [3.8, 4) is 0 Å². The van der Waals surface area contributed by atoms with Crippen LogP contribution in [0.5, 0.6) is 0 Å². The van der Waals surface area contributed by atoms with Gasteiger partial charge in [0.25, 0.3) is 5.91 Å². The highest BCUT2D eigenvalue weighted by Gasteiger charge is 2.39. The molecule has 1 aromatic heterocycles. The lowest BCUT2D eigenvalue weighted by Gasteiger charge is -2.35. The van der Waals surface area contributed by atoms with Crippen molar-refractivity contribution in [2.75, 3.05) is 39.9 Å². The van der Waals surface area contributed by atoms with Crippen molar-refractivity contribution in [3.05, 3.63) is 22.4 Å². The molecule has 0 spiro atoms. The number of hydrogen-bond donors (Lipinski definition) is 3. The molecule has 2 rings (SSSR count). The molecule has 0 bridgehead atoms. The second-order valence-electron chi connectivity index (χ2n) is 5.81. The summed E-state index contributed by atoms with van der Waals surface area (Å²) in [6.45, 7) is 3.25. The minimum atomic E-state index is -0.416. The van der Waals surface area contributed by atoms with Gasteiger partial charge in [-0.25, -0.2) is 0 Å². The molecule has 23 heavy (non-hydrogen) atoms. The molecule has 0 radical (unpaired) electrons. The van der Waals surface area contributed by atoms with Crippen LogP contribution < -0.4 is 16.0 Å². The maximum Gasteiger partial charge on any atom is 0.261 e. The van der Waals surface area contributed by atoms with Crippen molar-refractivity contribution >= 4 is 23.2 Å². The zero-order valence-corrected chi connectivity index (χ0v) is 14.3. The van der Waals surface area contributed by atoms with Crippen molar-refractivity contribution in [1.82, 2.24) is 16.0 Å². The summed E-state index contributed by atoms with van der Waals surface area (Å²) in [7, 11) is 1.64. The van der Waals surface area contributed by atoms with Gasteiger partial charge in [-0.15, -0.1) is 11.3 Å². The Morgan fingerprint density at radius 2 is 2.04 bits per heavy atom. The standard InChI is InChI=1S/C16H25N3O3S/c1-22-12-16(5-9-17-10-6-16)15(21)19-8-3-7-18-14(20)13-4-2-11-23-13/h2,4,11,17H,3,5-10,12H2,1H3,(H,18,20)(H,19,21). The molecule has 1 fully saturated rings. The average molecular weight is 339 g/mol. The number of piperidine rings is 1. The number of rotatable bonds is 8. The summed E-state index contributed by atoms with van der Waals surface area (Å²) in [6, 6.07) is 3.65. The molecule has 1 aromatic rings. The Kier molecular flexibility index (Phi) is 7.01. The maximum absolute atomic E-state index is 12.5. The van der Waals surface area contributed by atoms with E-state index >= 15 is 0 Å². The summed E-state index contributed by atoms with van der Waals surface area (Å²) in [6.07, 6.45) is 2.30. The number of nitrogens with one attached hydrogen (secondary N) is 3. The van der Waals surface area contributed by atoms with E-state index in [0.717, 1.165) is 25.9 Å². The lowest BCUT2D eigenvalue weighted by Crippen LogP contribution is -2.50. The lowest BCUT2D eigenvalue weighted by atomic mass is 9.78. The number of hydrogen-bond acceptors (Lipinski definition) is 5. The van der Waals surface area contributed by atoms with Gasteiger partial charge in [0.05, 0.1) is 16.9 Å². The molecule has 128 valence electrons. The molecule has 0 unspecified atom stereocenters. The van der Waals surface area contributed by atoms with E-state index in [1.165, 1.54) is 11.3 Å². The van der Waals surface area contributed by atoms with Crippen LogP contribution in [0.15, 0.2) is 17.5 Å². The minimum Gasteiger partial charge on any atom is -0.384 e. The van der Waals surface area contributed by atoms with Gasteiger partial charge in [0.1, 0.15) is 0 Å². The molecule has 0 aliphatic carbocycles. The highest BCUT2D eigenvalue weighted by atomic mass is 32.1. The van der Waals surface area contributed by atoms with E-state index in [1.54, 1.807) is 13.2 Å². The molecular weight excluding hydrogens is 314 g/mol. The fraction of sp³-hybridized carbons (Fsp3) is 0.625. The van der Waals surface area contributed by atoms with Gasteiger partial charge < -0.3 is 20.7 Å². The van der Waals surface area contributed by atoms with Crippen LogP contribution >= 0.6 is 11.3 Å². The molecule has 0 atom stereocenters. The molecule has 2 amide bonds. The van der Waals surface area contributed by atoms with Gasteiger partial charge >= 0.3 is 0 Å². The van der Waals surface area contributed by atoms with Crippen molar-refractivity contribution in [2.24, 2.45) is 5.41 Å². The minimum absolute atomic E-state index is 0.0551. The Morgan fingerprint density at radius 3 is 2.70 bits per heavy atom. The first kappa shape index (κ1) is 17.9. The summed E-state index contributed by atoms with van der Waals surface area (Å²) in [5.41, 5.74) is -0.416. The van der Waals surface area contributed by atoms with E-state index in [9.17, 15) is 9.59 Å². The Bertz CT molecular complexity index is 493. The van der Waals surface area contributed by atoms with E-state index in [-0.39, 0.29) is 11.8 Å². The summed E-state index contributed by atoms with van der Waals surface area (Å²) in [4.78, 5) is 25.0. The SMILES string of the molecule is COCC1(C(=O)NCCCNC(=O)c2cccs2)CCNCC1. The fourth-order valence-electron chi connectivity index (χ4n) is 2.79. The monoisotopic (exact) mass is 339 g/mol. The number of thiophene rings is 1. The average Bonchev–Trinajstić information content (AvgIpc) is 3.10. The van der Waals surface area contributed by atoms with E-state index in [2.05, 4.69) is 16.0 Å². The summed E-state index contributed by atoms with van der Waals surface area (Å²) < 4.78 is 5.26. The Balaban J connectivity index is 1.68. The lowest BCUT2D eigenvalue weighted by molar-refractivity contribution is -0.136. The maximum atomic E-state index is 12.5. The summed E-state index contributed by atoms with van der Waals surface area (Å²) in [5, 5.41) is 11.0. The van der Waals surface area contributed by atoms with Gasteiger partial charge in [-0.2, -0.15) is 0 Å². The third-order valence-corrected chi connectivity index (χ3v) is 5.00. The normalized spacial score (nSPS) is 16.7. The van der Waals surface area contributed by atoms with Gasteiger partial charge in [-0.3, -0.25) is 9.59 Å². The van der Waals surface area contributed by atoms with Gasteiger partial charge in [-0.1, -0.05) is 6.07 Å².